The van der Waals surface area contributed by atoms with E-state index in [-0.39, 0.29) is 5.91 Å². The number of carbonyl (C=O) groups excluding carboxylic acids is 1. The molecule has 1 fully saturated rings. The van der Waals surface area contributed by atoms with Gasteiger partial charge in [-0.1, -0.05) is 6.07 Å². The van der Waals surface area contributed by atoms with Crippen LogP contribution in [0.3, 0.4) is 0 Å². The molecule has 1 atom stereocenters. The third kappa shape index (κ3) is 3.96. The molecule has 5 nitrogen and oxygen atoms in total. The molecule has 1 aliphatic heterocycles. The Labute approximate surface area is 134 Å². The van der Waals surface area contributed by atoms with Crippen LogP contribution in [0.25, 0.3) is 0 Å². The van der Waals surface area contributed by atoms with Gasteiger partial charge in [-0.15, -0.1) is 11.3 Å². The molecule has 0 radical (unpaired) electrons. The standard InChI is InChI=1S/C16H22N4OS/c1-13-8-18-20(10-13)11-14-4-2-6-19(14)12-16(21)17-9-15-5-3-7-22-15/h3,5,7-8,10,14H,2,4,6,9,11-12H2,1H3,(H,17,21). The van der Waals surface area contributed by atoms with Gasteiger partial charge < -0.3 is 5.32 Å². The molecule has 0 saturated carbocycles. The van der Waals surface area contributed by atoms with Gasteiger partial charge in [-0.2, -0.15) is 5.10 Å². The van der Waals surface area contributed by atoms with Crippen LogP contribution in [0, 0.1) is 6.92 Å². The van der Waals surface area contributed by atoms with Gasteiger partial charge in [-0.05, 0) is 43.3 Å². The van der Waals surface area contributed by atoms with E-state index in [4.69, 9.17) is 0 Å². The Kier molecular flexibility index (Phi) is 4.90. The number of thiophene rings is 1. The van der Waals surface area contributed by atoms with E-state index in [0.717, 1.165) is 25.9 Å². The third-order valence-corrected chi connectivity index (χ3v) is 4.92. The van der Waals surface area contributed by atoms with Crippen LogP contribution >= 0.6 is 11.3 Å². The molecule has 2 aromatic rings. The number of hydrogen-bond donors (Lipinski definition) is 1. The molecule has 0 bridgehead atoms. The second-order valence-corrected chi connectivity index (χ2v) is 6.89. The molecule has 0 spiro atoms. The van der Waals surface area contributed by atoms with Crippen LogP contribution in [0.1, 0.15) is 23.3 Å². The molecular formula is C16H22N4OS. The molecule has 1 amide bonds. The summed E-state index contributed by atoms with van der Waals surface area (Å²) >= 11 is 1.67. The zero-order valence-corrected chi connectivity index (χ0v) is 13.7. The highest BCUT2D eigenvalue weighted by molar-refractivity contribution is 7.09. The molecule has 1 N–H and O–H groups in total. The van der Waals surface area contributed by atoms with E-state index in [1.165, 1.54) is 10.4 Å². The predicted octanol–water partition coefficient (Wildman–Crippen LogP) is 2.03. The normalized spacial score (nSPS) is 18.7. The van der Waals surface area contributed by atoms with Gasteiger partial charge in [0.1, 0.15) is 0 Å². The van der Waals surface area contributed by atoms with E-state index in [2.05, 4.69) is 21.5 Å². The van der Waals surface area contributed by atoms with Gasteiger partial charge >= 0.3 is 0 Å². The fourth-order valence-electron chi connectivity index (χ4n) is 2.93. The van der Waals surface area contributed by atoms with Crippen molar-refractivity contribution in [3.8, 4) is 0 Å². The molecule has 118 valence electrons. The smallest absolute Gasteiger partial charge is 0.234 e. The molecule has 0 aliphatic carbocycles. The summed E-state index contributed by atoms with van der Waals surface area (Å²) in [4.78, 5) is 15.6. The number of hydrogen-bond acceptors (Lipinski definition) is 4. The zero-order chi connectivity index (χ0) is 15.4. The lowest BCUT2D eigenvalue weighted by Gasteiger charge is -2.23. The van der Waals surface area contributed by atoms with Gasteiger partial charge in [0.2, 0.25) is 5.91 Å². The van der Waals surface area contributed by atoms with Gasteiger partial charge in [0.15, 0.2) is 0 Å². The third-order valence-electron chi connectivity index (χ3n) is 4.05. The van der Waals surface area contributed by atoms with Gasteiger partial charge in [0.05, 0.1) is 25.8 Å². The Morgan fingerprint density at radius 1 is 1.55 bits per heavy atom. The average molecular weight is 318 g/mol. The minimum absolute atomic E-state index is 0.108. The van der Waals surface area contributed by atoms with Gasteiger partial charge in [-0.3, -0.25) is 14.4 Å². The number of aromatic nitrogens is 2. The van der Waals surface area contributed by atoms with Crippen molar-refractivity contribution in [1.82, 2.24) is 20.0 Å². The second-order valence-electron chi connectivity index (χ2n) is 5.86. The second kappa shape index (κ2) is 7.07. The number of nitrogens with one attached hydrogen (secondary N) is 1. The maximum absolute atomic E-state index is 12.1. The van der Waals surface area contributed by atoms with Crippen molar-refractivity contribution >= 4 is 17.2 Å². The first-order chi connectivity index (χ1) is 10.7. The summed E-state index contributed by atoms with van der Waals surface area (Å²) in [5.41, 5.74) is 1.18. The maximum atomic E-state index is 12.1. The number of amides is 1. The molecular weight excluding hydrogens is 296 g/mol. The van der Waals surface area contributed by atoms with Crippen molar-refractivity contribution in [1.29, 1.82) is 0 Å². The Morgan fingerprint density at radius 2 is 2.45 bits per heavy atom. The van der Waals surface area contributed by atoms with E-state index >= 15 is 0 Å². The fourth-order valence-corrected chi connectivity index (χ4v) is 3.58. The van der Waals surface area contributed by atoms with Crippen LogP contribution in [-0.2, 0) is 17.9 Å². The molecule has 22 heavy (non-hydrogen) atoms. The molecule has 1 aliphatic rings. The molecule has 2 aromatic heterocycles. The van der Waals surface area contributed by atoms with Crippen molar-refractivity contribution in [2.24, 2.45) is 0 Å². The van der Waals surface area contributed by atoms with Crippen LogP contribution in [0.4, 0.5) is 0 Å². The van der Waals surface area contributed by atoms with Crippen LogP contribution in [0.15, 0.2) is 29.9 Å². The monoisotopic (exact) mass is 318 g/mol. The lowest BCUT2D eigenvalue weighted by Crippen LogP contribution is -2.41. The topological polar surface area (TPSA) is 50.2 Å². The number of nitrogens with zero attached hydrogens (tertiary/aromatic N) is 3. The predicted molar refractivity (Wildman–Crippen MR) is 87.7 cm³/mol. The molecule has 1 saturated heterocycles. The number of carbonyl (C=O) groups is 1. The summed E-state index contributed by atoms with van der Waals surface area (Å²) in [6.45, 7) is 5.03. The van der Waals surface area contributed by atoms with Crippen LogP contribution in [0.2, 0.25) is 0 Å². The summed E-state index contributed by atoms with van der Waals surface area (Å²) < 4.78 is 1.99. The lowest BCUT2D eigenvalue weighted by molar-refractivity contribution is -0.122. The Bertz CT molecular complexity index is 607. The summed E-state index contributed by atoms with van der Waals surface area (Å²) in [6.07, 6.45) is 6.24. The highest BCUT2D eigenvalue weighted by Gasteiger charge is 2.26. The first kappa shape index (κ1) is 15.2. The first-order valence-corrected chi connectivity index (χ1v) is 8.61. The Balaban J connectivity index is 1.49. The van der Waals surface area contributed by atoms with Crippen LogP contribution in [0.5, 0.6) is 0 Å². The summed E-state index contributed by atoms with van der Waals surface area (Å²) in [5, 5.41) is 9.39. The van der Waals surface area contributed by atoms with Crippen LogP contribution < -0.4 is 5.32 Å². The molecule has 3 rings (SSSR count). The minimum Gasteiger partial charge on any atom is -0.350 e. The molecule has 3 heterocycles. The van der Waals surface area contributed by atoms with Crippen molar-refractivity contribution in [2.75, 3.05) is 13.1 Å². The van der Waals surface area contributed by atoms with E-state index in [9.17, 15) is 4.79 Å². The van der Waals surface area contributed by atoms with Crippen molar-refractivity contribution < 1.29 is 4.79 Å². The highest BCUT2D eigenvalue weighted by Crippen LogP contribution is 2.18. The number of aryl methyl sites for hydroxylation is 1. The molecule has 0 aromatic carbocycles. The average Bonchev–Trinajstić information content (AvgIpc) is 3.21. The number of rotatable bonds is 6. The van der Waals surface area contributed by atoms with E-state index in [1.54, 1.807) is 11.3 Å². The Hall–Kier alpha value is -1.66. The highest BCUT2D eigenvalue weighted by atomic mass is 32.1. The van der Waals surface area contributed by atoms with Crippen molar-refractivity contribution in [3.63, 3.8) is 0 Å². The largest absolute Gasteiger partial charge is 0.350 e. The quantitative estimate of drug-likeness (QED) is 0.887. The lowest BCUT2D eigenvalue weighted by atomic mass is 10.2. The Morgan fingerprint density at radius 3 is 3.18 bits per heavy atom. The van der Waals surface area contributed by atoms with Crippen molar-refractivity contribution in [3.05, 3.63) is 40.3 Å². The summed E-state index contributed by atoms with van der Waals surface area (Å²) in [7, 11) is 0. The van der Waals surface area contributed by atoms with E-state index in [0.29, 0.717) is 19.1 Å². The van der Waals surface area contributed by atoms with Gasteiger partial charge in [0, 0.05) is 17.1 Å². The van der Waals surface area contributed by atoms with Gasteiger partial charge in [-0.25, -0.2) is 0 Å². The first-order valence-electron chi connectivity index (χ1n) is 7.73. The minimum atomic E-state index is 0.108. The maximum Gasteiger partial charge on any atom is 0.234 e. The summed E-state index contributed by atoms with van der Waals surface area (Å²) in [5.74, 6) is 0.108. The molecule has 1 unspecified atom stereocenters. The van der Waals surface area contributed by atoms with E-state index in [1.807, 2.05) is 35.3 Å². The van der Waals surface area contributed by atoms with Gasteiger partial charge in [0.25, 0.3) is 0 Å². The van der Waals surface area contributed by atoms with Crippen molar-refractivity contribution in [2.45, 2.75) is 38.9 Å². The fraction of sp³-hybridized carbons (Fsp3) is 0.500. The molecule has 6 heteroatoms. The van der Waals surface area contributed by atoms with Crippen LogP contribution in [-0.4, -0.2) is 39.7 Å². The van der Waals surface area contributed by atoms with E-state index < -0.39 is 0 Å². The SMILES string of the molecule is Cc1cnn(CC2CCCN2CC(=O)NCc2cccs2)c1. The number of likely N-dealkylation sites (tertiary alicyclic amines) is 1. The summed E-state index contributed by atoms with van der Waals surface area (Å²) in [6, 6.07) is 4.46. The zero-order valence-electron chi connectivity index (χ0n) is 12.9.